The van der Waals surface area contributed by atoms with Gasteiger partial charge in [0.1, 0.15) is 5.50 Å². The van der Waals surface area contributed by atoms with Gasteiger partial charge in [-0.2, -0.15) is 0 Å². The third-order valence-electron chi connectivity index (χ3n) is 4.56. The summed E-state index contributed by atoms with van der Waals surface area (Å²) in [5, 5.41) is 9.12. The quantitative estimate of drug-likeness (QED) is 0.711. The van der Waals surface area contributed by atoms with Crippen LogP contribution in [0.25, 0.3) is 0 Å². The van der Waals surface area contributed by atoms with Crippen molar-refractivity contribution < 1.29 is 9.59 Å². The molecule has 5 nitrogen and oxygen atoms in total. The Morgan fingerprint density at radius 1 is 1.29 bits per heavy atom. The van der Waals surface area contributed by atoms with E-state index in [-0.39, 0.29) is 34.5 Å². The molecule has 2 fully saturated rings. The molecule has 4 unspecified atom stereocenters. The van der Waals surface area contributed by atoms with Gasteiger partial charge in [0.15, 0.2) is 0 Å². The number of nitrogens with one attached hydrogen (secondary N) is 3. The molecule has 1 aliphatic carbocycles. The Morgan fingerprint density at radius 2 is 2.00 bits per heavy atom. The Bertz CT molecular complexity index is 610. The van der Waals surface area contributed by atoms with Crippen LogP contribution in [0.5, 0.6) is 0 Å². The molecule has 3 rings (SSSR count). The van der Waals surface area contributed by atoms with Gasteiger partial charge in [0.2, 0.25) is 11.8 Å². The van der Waals surface area contributed by atoms with Crippen molar-refractivity contribution in [3.63, 3.8) is 0 Å². The third kappa shape index (κ3) is 4.32. The first-order valence-electron chi connectivity index (χ1n) is 8.31. The monoisotopic (exact) mass is 411 g/mol. The number of carbonyl (C=O) groups excluding carboxylic acids is 2. The van der Waals surface area contributed by atoms with Crippen LogP contribution in [0, 0.1) is 5.92 Å². The molecule has 0 bridgehead atoms. The lowest BCUT2D eigenvalue weighted by Crippen LogP contribution is -2.61. The second kappa shape index (κ2) is 7.89. The molecule has 0 spiro atoms. The molecular formula is C17H22BrN3O2S. The SMILES string of the molecule is CC(SC1NC(=O)C2CCCCC2N1)C(=O)Nc1ccc(Br)cc1. The molecule has 0 radical (unpaired) electrons. The molecule has 0 aromatic heterocycles. The summed E-state index contributed by atoms with van der Waals surface area (Å²) < 4.78 is 0.971. The first kappa shape index (κ1) is 17.8. The Morgan fingerprint density at radius 3 is 2.75 bits per heavy atom. The Hall–Kier alpha value is -1.05. The number of benzene rings is 1. The molecule has 1 aromatic carbocycles. The fourth-order valence-corrected chi connectivity index (χ4v) is 4.53. The van der Waals surface area contributed by atoms with Gasteiger partial charge in [-0.1, -0.05) is 28.8 Å². The van der Waals surface area contributed by atoms with Crippen molar-refractivity contribution in [2.24, 2.45) is 5.92 Å². The van der Waals surface area contributed by atoms with Crippen LogP contribution < -0.4 is 16.0 Å². The topological polar surface area (TPSA) is 70.2 Å². The minimum absolute atomic E-state index is 0.0656. The highest BCUT2D eigenvalue weighted by atomic mass is 79.9. The predicted molar refractivity (Wildman–Crippen MR) is 101 cm³/mol. The fraction of sp³-hybridized carbons (Fsp3) is 0.529. The second-order valence-electron chi connectivity index (χ2n) is 6.33. The van der Waals surface area contributed by atoms with Crippen LogP contribution in [0.2, 0.25) is 0 Å². The van der Waals surface area contributed by atoms with E-state index < -0.39 is 0 Å². The maximum Gasteiger partial charge on any atom is 0.237 e. The number of rotatable bonds is 4. The number of halogens is 1. The fourth-order valence-electron chi connectivity index (χ4n) is 3.23. The summed E-state index contributed by atoms with van der Waals surface area (Å²) in [7, 11) is 0. The van der Waals surface area contributed by atoms with Crippen LogP contribution in [-0.2, 0) is 9.59 Å². The first-order chi connectivity index (χ1) is 11.5. The van der Waals surface area contributed by atoms with E-state index in [2.05, 4.69) is 31.9 Å². The molecule has 2 aliphatic rings. The molecule has 1 aromatic rings. The van der Waals surface area contributed by atoms with Crippen LogP contribution in [0.1, 0.15) is 32.6 Å². The lowest BCUT2D eigenvalue weighted by atomic mass is 9.83. The van der Waals surface area contributed by atoms with Crippen molar-refractivity contribution in [1.29, 1.82) is 0 Å². The highest BCUT2D eigenvalue weighted by Crippen LogP contribution is 2.30. The molecule has 3 N–H and O–H groups in total. The van der Waals surface area contributed by atoms with Crippen molar-refractivity contribution in [2.75, 3.05) is 5.32 Å². The molecule has 1 heterocycles. The summed E-state index contributed by atoms with van der Waals surface area (Å²) in [6.07, 6.45) is 4.29. The van der Waals surface area contributed by atoms with Crippen molar-refractivity contribution in [3.8, 4) is 0 Å². The summed E-state index contributed by atoms with van der Waals surface area (Å²) >= 11 is 4.82. The summed E-state index contributed by atoms with van der Waals surface area (Å²) in [5.74, 6) is 0.142. The van der Waals surface area contributed by atoms with Crippen molar-refractivity contribution >= 4 is 45.2 Å². The molecule has 130 valence electrons. The number of amides is 2. The van der Waals surface area contributed by atoms with Gasteiger partial charge in [-0.05, 0) is 44.0 Å². The van der Waals surface area contributed by atoms with Crippen LogP contribution in [-0.4, -0.2) is 28.6 Å². The molecule has 1 saturated heterocycles. The normalized spacial score (nSPS) is 27.8. The van der Waals surface area contributed by atoms with E-state index in [9.17, 15) is 9.59 Å². The molecule has 7 heteroatoms. The second-order valence-corrected chi connectivity index (χ2v) is 8.69. The zero-order valence-corrected chi connectivity index (χ0v) is 16.0. The highest BCUT2D eigenvalue weighted by Gasteiger charge is 2.38. The van der Waals surface area contributed by atoms with Gasteiger partial charge < -0.3 is 10.6 Å². The molecule has 4 atom stereocenters. The van der Waals surface area contributed by atoms with Crippen molar-refractivity contribution in [1.82, 2.24) is 10.6 Å². The molecule has 24 heavy (non-hydrogen) atoms. The highest BCUT2D eigenvalue weighted by molar-refractivity contribution is 9.10. The number of carbonyl (C=O) groups is 2. The average molecular weight is 412 g/mol. The lowest BCUT2D eigenvalue weighted by Gasteiger charge is -2.40. The van der Waals surface area contributed by atoms with Gasteiger partial charge in [0.25, 0.3) is 0 Å². The number of hydrogen-bond donors (Lipinski definition) is 3. The van der Waals surface area contributed by atoms with Crippen LogP contribution in [0.15, 0.2) is 28.7 Å². The Labute approximate surface area is 154 Å². The summed E-state index contributed by atoms with van der Waals surface area (Å²) in [6.45, 7) is 1.86. The Kier molecular flexibility index (Phi) is 5.84. The van der Waals surface area contributed by atoms with Gasteiger partial charge in [-0.25, -0.2) is 0 Å². The standard InChI is InChI=1S/C17H22BrN3O2S/c1-10(15(22)19-12-8-6-11(18)7-9-12)24-17-20-14-5-3-2-4-13(14)16(23)21-17/h6-10,13-14,17,20H,2-5H2,1H3,(H,19,22)(H,21,23). The van der Waals surface area contributed by atoms with Gasteiger partial charge >= 0.3 is 0 Å². The maximum absolute atomic E-state index is 12.4. The van der Waals surface area contributed by atoms with Crippen LogP contribution in [0.3, 0.4) is 0 Å². The minimum Gasteiger partial charge on any atom is -0.331 e. The number of anilines is 1. The van der Waals surface area contributed by atoms with E-state index in [4.69, 9.17) is 0 Å². The van der Waals surface area contributed by atoms with Gasteiger partial charge in [0, 0.05) is 16.2 Å². The van der Waals surface area contributed by atoms with E-state index in [1.807, 2.05) is 31.2 Å². The van der Waals surface area contributed by atoms with Crippen molar-refractivity contribution in [2.45, 2.75) is 49.4 Å². The maximum atomic E-state index is 12.4. The minimum atomic E-state index is -0.272. The lowest BCUT2D eigenvalue weighted by molar-refractivity contribution is -0.129. The third-order valence-corrected chi connectivity index (χ3v) is 6.24. The number of hydrogen-bond acceptors (Lipinski definition) is 4. The smallest absolute Gasteiger partial charge is 0.237 e. The van der Waals surface area contributed by atoms with Crippen LogP contribution >= 0.6 is 27.7 Å². The van der Waals surface area contributed by atoms with Crippen LogP contribution in [0.4, 0.5) is 5.69 Å². The van der Waals surface area contributed by atoms with Crippen molar-refractivity contribution in [3.05, 3.63) is 28.7 Å². The van der Waals surface area contributed by atoms with Gasteiger partial charge in [-0.3, -0.25) is 14.9 Å². The van der Waals surface area contributed by atoms with E-state index in [0.29, 0.717) is 0 Å². The molecule has 2 amide bonds. The zero-order chi connectivity index (χ0) is 17.1. The molecular weight excluding hydrogens is 390 g/mol. The average Bonchev–Trinajstić information content (AvgIpc) is 2.57. The molecule has 1 saturated carbocycles. The number of fused-ring (bicyclic) bond motifs is 1. The van der Waals surface area contributed by atoms with Gasteiger partial charge in [0.05, 0.1) is 11.2 Å². The first-order valence-corrected chi connectivity index (χ1v) is 10.0. The van der Waals surface area contributed by atoms with E-state index in [0.717, 1.165) is 29.4 Å². The summed E-state index contributed by atoms with van der Waals surface area (Å²) in [4.78, 5) is 24.6. The molecule has 1 aliphatic heterocycles. The zero-order valence-electron chi connectivity index (χ0n) is 13.5. The largest absolute Gasteiger partial charge is 0.331 e. The number of thioether (sulfide) groups is 1. The summed E-state index contributed by atoms with van der Waals surface area (Å²) in [5.41, 5.74) is 0.561. The van der Waals surface area contributed by atoms with E-state index >= 15 is 0 Å². The predicted octanol–water partition coefficient (Wildman–Crippen LogP) is 3.07. The summed E-state index contributed by atoms with van der Waals surface area (Å²) in [6, 6.07) is 7.73. The van der Waals surface area contributed by atoms with E-state index in [1.54, 1.807) is 0 Å². The van der Waals surface area contributed by atoms with E-state index in [1.165, 1.54) is 18.2 Å². The Balaban J connectivity index is 1.54. The van der Waals surface area contributed by atoms with Gasteiger partial charge in [-0.15, -0.1) is 11.8 Å².